The lowest BCUT2D eigenvalue weighted by molar-refractivity contribution is -0.137. The van der Waals surface area contributed by atoms with Crippen molar-refractivity contribution >= 4 is 5.82 Å². The van der Waals surface area contributed by atoms with Crippen LogP contribution in [0.1, 0.15) is 35.5 Å². The van der Waals surface area contributed by atoms with Crippen molar-refractivity contribution < 1.29 is 22.3 Å². The van der Waals surface area contributed by atoms with Crippen LogP contribution >= 0.6 is 0 Å². The Hall–Kier alpha value is -3.16. The second-order valence-electron chi connectivity index (χ2n) is 6.79. The van der Waals surface area contributed by atoms with Gasteiger partial charge < -0.3 is 10.1 Å². The highest BCUT2D eigenvalue weighted by atomic mass is 19.4. The standard InChI is InChI=1S/C22H21F4N3O/c1-14-20(15(2)23)28-13-29-21(14)27-12-11-16-3-7-18(8-4-16)30-19-9-5-17(6-10-19)22(24,25)26/h3-10,13,15H,11-12H2,1-2H3,(H,27,28,29). The van der Waals surface area contributed by atoms with Crippen LogP contribution in [-0.4, -0.2) is 16.5 Å². The lowest BCUT2D eigenvalue weighted by Crippen LogP contribution is -2.10. The van der Waals surface area contributed by atoms with E-state index in [9.17, 15) is 17.6 Å². The zero-order chi connectivity index (χ0) is 21.7. The van der Waals surface area contributed by atoms with Gasteiger partial charge in [0.15, 0.2) is 0 Å². The third-order valence-electron chi connectivity index (χ3n) is 4.55. The van der Waals surface area contributed by atoms with Gasteiger partial charge in [0.2, 0.25) is 0 Å². The van der Waals surface area contributed by atoms with Crippen LogP contribution in [0, 0.1) is 6.92 Å². The molecule has 0 bridgehead atoms. The van der Waals surface area contributed by atoms with E-state index in [1.807, 2.05) is 12.1 Å². The molecule has 0 amide bonds. The number of rotatable bonds is 7. The van der Waals surface area contributed by atoms with Gasteiger partial charge in [0.25, 0.3) is 0 Å². The van der Waals surface area contributed by atoms with Gasteiger partial charge in [0.1, 0.15) is 29.8 Å². The molecule has 3 aromatic rings. The molecule has 4 nitrogen and oxygen atoms in total. The second kappa shape index (κ2) is 9.11. The number of aromatic nitrogens is 2. The van der Waals surface area contributed by atoms with Crippen molar-refractivity contribution in [2.45, 2.75) is 32.6 Å². The first-order valence-corrected chi connectivity index (χ1v) is 9.37. The molecule has 0 spiro atoms. The summed E-state index contributed by atoms with van der Waals surface area (Å²) in [6.07, 6.45) is -3.49. The maximum atomic E-state index is 13.5. The van der Waals surface area contributed by atoms with Crippen molar-refractivity contribution in [3.05, 3.63) is 77.2 Å². The van der Waals surface area contributed by atoms with E-state index < -0.39 is 17.9 Å². The fourth-order valence-corrected chi connectivity index (χ4v) is 2.94. The minimum absolute atomic E-state index is 0.328. The van der Waals surface area contributed by atoms with Crippen molar-refractivity contribution in [2.24, 2.45) is 0 Å². The summed E-state index contributed by atoms with van der Waals surface area (Å²) in [4.78, 5) is 8.13. The number of benzene rings is 2. The Kier molecular flexibility index (Phi) is 6.54. The molecule has 8 heteroatoms. The van der Waals surface area contributed by atoms with Crippen molar-refractivity contribution in [3.8, 4) is 11.5 Å². The first-order chi connectivity index (χ1) is 14.2. The first-order valence-electron chi connectivity index (χ1n) is 9.37. The molecule has 2 aromatic carbocycles. The van der Waals surface area contributed by atoms with Crippen molar-refractivity contribution in [2.75, 3.05) is 11.9 Å². The Bertz CT molecular complexity index is 971. The topological polar surface area (TPSA) is 47.0 Å². The fraction of sp³-hybridized carbons (Fsp3) is 0.273. The molecule has 1 unspecified atom stereocenters. The highest BCUT2D eigenvalue weighted by Gasteiger charge is 2.30. The Morgan fingerprint density at radius 1 is 0.967 bits per heavy atom. The van der Waals surface area contributed by atoms with Crippen LogP contribution in [0.15, 0.2) is 54.9 Å². The summed E-state index contributed by atoms with van der Waals surface area (Å²) < 4.78 is 57.0. The molecule has 158 valence electrons. The number of nitrogens with one attached hydrogen (secondary N) is 1. The fourth-order valence-electron chi connectivity index (χ4n) is 2.94. The molecule has 0 fully saturated rings. The summed E-state index contributed by atoms with van der Waals surface area (Å²) >= 11 is 0. The molecule has 0 radical (unpaired) electrons. The number of hydrogen-bond donors (Lipinski definition) is 1. The van der Waals surface area contributed by atoms with Crippen LogP contribution in [0.2, 0.25) is 0 Å². The van der Waals surface area contributed by atoms with Crippen LogP contribution in [0.3, 0.4) is 0 Å². The van der Waals surface area contributed by atoms with E-state index in [4.69, 9.17) is 4.74 Å². The minimum atomic E-state index is -4.37. The highest BCUT2D eigenvalue weighted by Crippen LogP contribution is 2.31. The number of halogens is 4. The molecule has 0 saturated heterocycles. The monoisotopic (exact) mass is 419 g/mol. The molecule has 0 aliphatic rings. The molecule has 0 aliphatic heterocycles. The lowest BCUT2D eigenvalue weighted by Gasteiger charge is -2.12. The zero-order valence-corrected chi connectivity index (χ0v) is 16.5. The smallest absolute Gasteiger partial charge is 0.416 e. The largest absolute Gasteiger partial charge is 0.457 e. The summed E-state index contributed by atoms with van der Waals surface area (Å²) in [6, 6.07) is 11.8. The molecular formula is C22H21F4N3O. The molecule has 1 atom stereocenters. The van der Waals surface area contributed by atoms with E-state index in [1.54, 1.807) is 19.1 Å². The summed E-state index contributed by atoms with van der Waals surface area (Å²) in [7, 11) is 0. The van der Waals surface area contributed by atoms with Gasteiger partial charge in [-0.15, -0.1) is 0 Å². The van der Waals surface area contributed by atoms with Crippen LogP contribution in [0.5, 0.6) is 11.5 Å². The van der Waals surface area contributed by atoms with Gasteiger partial charge in [0.05, 0.1) is 11.3 Å². The van der Waals surface area contributed by atoms with Crippen molar-refractivity contribution in [3.63, 3.8) is 0 Å². The van der Waals surface area contributed by atoms with Crippen LogP contribution in [-0.2, 0) is 12.6 Å². The molecular weight excluding hydrogens is 398 g/mol. The van der Waals surface area contributed by atoms with Gasteiger partial charge in [-0.2, -0.15) is 13.2 Å². The Morgan fingerprint density at radius 3 is 2.13 bits per heavy atom. The number of ether oxygens (including phenoxy) is 1. The molecule has 0 aliphatic carbocycles. The molecule has 30 heavy (non-hydrogen) atoms. The third-order valence-corrected chi connectivity index (χ3v) is 4.55. The normalized spacial score (nSPS) is 12.5. The minimum Gasteiger partial charge on any atom is -0.457 e. The van der Waals surface area contributed by atoms with Crippen LogP contribution < -0.4 is 10.1 Å². The molecule has 1 heterocycles. The molecule has 1 aromatic heterocycles. The quantitative estimate of drug-likeness (QED) is 0.458. The number of nitrogens with zero attached hydrogens (tertiary/aromatic N) is 2. The van der Waals surface area contributed by atoms with Crippen LogP contribution in [0.4, 0.5) is 23.4 Å². The van der Waals surface area contributed by atoms with E-state index in [-0.39, 0.29) is 0 Å². The Balaban J connectivity index is 1.54. The van der Waals surface area contributed by atoms with E-state index in [0.29, 0.717) is 41.5 Å². The average Bonchev–Trinajstić information content (AvgIpc) is 2.70. The average molecular weight is 419 g/mol. The third kappa shape index (κ3) is 5.46. The maximum Gasteiger partial charge on any atom is 0.416 e. The summed E-state index contributed by atoms with van der Waals surface area (Å²) in [5.41, 5.74) is 1.38. The van der Waals surface area contributed by atoms with E-state index in [0.717, 1.165) is 17.7 Å². The highest BCUT2D eigenvalue weighted by molar-refractivity contribution is 5.45. The SMILES string of the molecule is Cc1c(NCCc2ccc(Oc3ccc(C(F)(F)F)cc3)cc2)ncnc1C(C)F. The van der Waals surface area contributed by atoms with Gasteiger partial charge in [-0.05, 0) is 62.2 Å². The maximum absolute atomic E-state index is 13.5. The first kappa shape index (κ1) is 21.5. The molecule has 0 saturated carbocycles. The molecule has 1 N–H and O–H groups in total. The summed E-state index contributed by atoms with van der Waals surface area (Å²) in [5.74, 6) is 1.46. The summed E-state index contributed by atoms with van der Waals surface area (Å²) in [6.45, 7) is 3.81. The van der Waals surface area contributed by atoms with Gasteiger partial charge >= 0.3 is 6.18 Å². The van der Waals surface area contributed by atoms with Crippen molar-refractivity contribution in [1.82, 2.24) is 9.97 Å². The van der Waals surface area contributed by atoms with Gasteiger partial charge in [-0.25, -0.2) is 14.4 Å². The van der Waals surface area contributed by atoms with Gasteiger partial charge in [-0.3, -0.25) is 0 Å². The van der Waals surface area contributed by atoms with E-state index in [2.05, 4.69) is 15.3 Å². The number of alkyl halides is 4. The number of anilines is 1. The Morgan fingerprint density at radius 2 is 1.57 bits per heavy atom. The van der Waals surface area contributed by atoms with E-state index >= 15 is 0 Å². The van der Waals surface area contributed by atoms with Crippen molar-refractivity contribution in [1.29, 1.82) is 0 Å². The second-order valence-corrected chi connectivity index (χ2v) is 6.79. The van der Waals surface area contributed by atoms with E-state index in [1.165, 1.54) is 25.4 Å². The Labute approximate surface area is 172 Å². The van der Waals surface area contributed by atoms with Gasteiger partial charge in [-0.1, -0.05) is 12.1 Å². The predicted molar refractivity (Wildman–Crippen MR) is 106 cm³/mol. The van der Waals surface area contributed by atoms with Gasteiger partial charge in [0, 0.05) is 12.1 Å². The van der Waals surface area contributed by atoms with Crippen LogP contribution in [0.25, 0.3) is 0 Å². The zero-order valence-electron chi connectivity index (χ0n) is 16.5. The number of hydrogen-bond acceptors (Lipinski definition) is 4. The lowest BCUT2D eigenvalue weighted by atomic mass is 10.1. The molecule has 3 rings (SSSR count). The summed E-state index contributed by atoms with van der Waals surface area (Å²) in [5, 5.41) is 3.19. The predicted octanol–water partition coefficient (Wildman–Crippen LogP) is 6.28.